The molecule has 1 aliphatic rings. The highest BCUT2D eigenvalue weighted by atomic mass is 79.9. The Bertz CT molecular complexity index is 666. The first-order valence-electron chi connectivity index (χ1n) is 6.62. The van der Waals surface area contributed by atoms with Crippen molar-refractivity contribution < 1.29 is 4.74 Å². The molecule has 112 valence electrons. The molecule has 0 aromatic carbocycles. The minimum absolute atomic E-state index is 0.185. The Balaban J connectivity index is 2.02. The first-order chi connectivity index (χ1) is 10.1. The van der Waals surface area contributed by atoms with E-state index in [0.29, 0.717) is 25.1 Å². The SMILES string of the molecule is Cc1nn(-c2nc(N)nc(N3CCOCC3)n2)c(C)c1Br. The van der Waals surface area contributed by atoms with Crippen molar-refractivity contribution in [2.24, 2.45) is 0 Å². The van der Waals surface area contributed by atoms with Gasteiger partial charge >= 0.3 is 0 Å². The number of aryl methyl sites for hydroxylation is 1. The second kappa shape index (κ2) is 5.57. The maximum absolute atomic E-state index is 5.83. The highest BCUT2D eigenvalue weighted by molar-refractivity contribution is 9.10. The van der Waals surface area contributed by atoms with E-state index in [-0.39, 0.29) is 5.95 Å². The van der Waals surface area contributed by atoms with E-state index in [9.17, 15) is 0 Å². The quantitative estimate of drug-likeness (QED) is 0.854. The van der Waals surface area contributed by atoms with Gasteiger partial charge in [0, 0.05) is 13.1 Å². The van der Waals surface area contributed by atoms with Gasteiger partial charge in [-0.25, -0.2) is 4.68 Å². The zero-order valence-corrected chi connectivity index (χ0v) is 13.5. The van der Waals surface area contributed by atoms with Crippen LogP contribution in [-0.4, -0.2) is 51.0 Å². The molecule has 0 amide bonds. The number of hydrogen-bond donors (Lipinski definition) is 1. The zero-order chi connectivity index (χ0) is 15.0. The highest BCUT2D eigenvalue weighted by Crippen LogP contribution is 2.22. The number of anilines is 2. The second-order valence-corrected chi connectivity index (χ2v) is 5.58. The van der Waals surface area contributed by atoms with Crippen LogP contribution in [0, 0.1) is 13.8 Å². The van der Waals surface area contributed by atoms with Gasteiger partial charge in [0.2, 0.25) is 11.9 Å². The summed E-state index contributed by atoms with van der Waals surface area (Å²) in [6.07, 6.45) is 0. The molecule has 0 bridgehead atoms. The molecule has 0 saturated carbocycles. The summed E-state index contributed by atoms with van der Waals surface area (Å²) >= 11 is 3.50. The lowest BCUT2D eigenvalue weighted by atomic mass is 10.4. The summed E-state index contributed by atoms with van der Waals surface area (Å²) < 4.78 is 7.94. The summed E-state index contributed by atoms with van der Waals surface area (Å²) in [5.74, 6) is 1.17. The van der Waals surface area contributed by atoms with Crippen LogP contribution in [0.3, 0.4) is 0 Å². The summed E-state index contributed by atoms with van der Waals surface area (Å²) in [7, 11) is 0. The first-order valence-corrected chi connectivity index (χ1v) is 7.42. The minimum Gasteiger partial charge on any atom is -0.378 e. The summed E-state index contributed by atoms with van der Waals surface area (Å²) in [6.45, 7) is 6.66. The number of ether oxygens (including phenoxy) is 1. The monoisotopic (exact) mass is 353 g/mol. The van der Waals surface area contributed by atoms with E-state index in [0.717, 1.165) is 29.0 Å². The maximum Gasteiger partial charge on any atom is 0.257 e. The predicted octanol–water partition coefficient (Wildman–Crippen LogP) is 0.855. The Morgan fingerprint density at radius 3 is 2.38 bits per heavy atom. The van der Waals surface area contributed by atoms with Crippen molar-refractivity contribution in [2.75, 3.05) is 36.9 Å². The van der Waals surface area contributed by atoms with Crippen LogP contribution in [0.5, 0.6) is 0 Å². The molecule has 0 radical (unpaired) electrons. The Kier molecular flexibility index (Phi) is 3.77. The second-order valence-electron chi connectivity index (χ2n) is 4.79. The van der Waals surface area contributed by atoms with Gasteiger partial charge in [-0.2, -0.15) is 20.1 Å². The number of nitrogens with two attached hydrogens (primary N) is 1. The molecule has 1 saturated heterocycles. The fourth-order valence-electron chi connectivity index (χ4n) is 2.19. The molecule has 21 heavy (non-hydrogen) atoms. The first kappa shape index (κ1) is 14.2. The van der Waals surface area contributed by atoms with Crippen LogP contribution in [0.15, 0.2) is 4.47 Å². The van der Waals surface area contributed by atoms with Gasteiger partial charge in [0.05, 0.1) is 29.1 Å². The summed E-state index contributed by atoms with van der Waals surface area (Å²) in [5, 5.41) is 4.43. The summed E-state index contributed by atoms with van der Waals surface area (Å²) in [5.41, 5.74) is 7.62. The van der Waals surface area contributed by atoms with Crippen LogP contribution >= 0.6 is 15.9 Å². The van der Waals surface area contributed by atoms with E-state index >= 15 is 0 Å². The summed E-state index contributed by atoms with van der Waals surface area (Å²) in [6, 6.07) is 0. The number of aromatic nitrogens is 5. The topological polar surface area (TPSA) is 95.0 Å². The van der Waals surface area contributed by atoms with E-state index in [1.165, 1.54) is 0 Å². The van der Waals surface area contributed by atoms with Crippen molar-refractivity contribution >= 4 is 27.8 Å². The smallest absolute Gasteiger partial charge is 0.257 e. The number of rotatable bonds is 2. The van der Waals surface area contributed by atoms with Gasteiger partial charge in [-0.3, -0.25) is 0 Å². The predicted molar refractivity (Wildman–Crippen MR) is 81.6 cm³/mol. The Morgan fingerprint density at radius 1 is 1.10 bits per heavy atom. The molecular formula is C12H16BrN7O. The van der Waals surface area contributed by atoms with Crippen LogP contribution in [0.4, 0.5) is 11.9 Å². The normalized spacial score (nSPS) is 15.5. The van der Waals surface area contributed by atoms with E-state index in [2.05, 4.69) is 36.0 Å². The largest absolute Gasteiger partial charge is 0.378 e. The molecule has 8 nitrogen and oxygen atoms in total. The maximum atomic E-state index is 5.83. The van der Waals surface area contributed by atoms with Gasteiger partial charge in [0.25, 0.3) is 5.95 Å². The Labute approximate surface area is 130 Å². The van der Waals surface area contributed by atoms with E-state index < -0.39 is 0 Å². The van der Waals surface area contributed by atoms with Crippen LogP contribution < -0.4 is 10.6 Å². The molecule has 3 heterocycles. The fourth-order valence-corrected chi connectivity index (χ4v) is 2.43. The third kappa shape index (κ3) is 2.70. The third-order valence-corrected chi connectivity index (χ3v) is 4.46. The number of morpholine rings is 1. The molecule has 1 aliphatic heterocycles. The molecular weight excluding hydrogens is 338 g/mol. The fraction of sp³-hybridized carbons (Fsp3) is 0.500. The summed E-state index contributed by atoms with van der Waals surface area (Å²) in [4.78, 5) is 14.9. The molecule has 1 fully saturated rings. The lowest BCUT2D eigenvalue weighted by Gasteiger charge is -2.26. The van der Waals surface area contributed by atoms with Crippen molar-refractivity contribution in [3.63, 3.8) is 0 Å². The van der Waals surface area contributed by atoms with Crippen molar-refractivity contribution in [2.45, 2.75) is 13.8 Å². The van der Waals surface area contributed by atoms with Crippen LogP contribution in [0.2, 0.25) is 0 Å². The van der Waals surface area contributed by atoms with Crippen LogP contribution in [-0.2, 0) is 4.74 Å². The standard InChI is InChI=1S/C12H16BrN7O/c1-7-9(13)8(2)20(18-7)12-16-10(14)15-11(17-12)19-3-5-21-6-4-19/h3-6H2,1-2H3,(H2,14,15,16,17). The zero-order valence-electron chi connectivity index (χ0n) is 11.9. The third-order valence-electron chi connectivity index (χ3n) is 3.32. The number of nitrogen functional groups attached to an aromatic ring is 1. The number of halogens is 1. The van der Waals surface area contributed by atoms with Gasteiger partial charge in [0.15, 0.2) is 0 Å². The molecule has 2 aromatic rings. The van der Waals surface area contributed by atoms with E-state index in [4.69, 9.17) is 10.5 Å². The average molecular weight is 354 g/mol. The van der Waals surface area contributed by atoms with Crippen molar-refractivity contribution in [3.05, 3.63) is 15.9 Å². The molecule has 0 atom stereocenters. The van der Waals surface area contributed by atoms with Gasteiger partial charge in [-0.15, -0.1) is 0 Å². The molecule has 2 N–H and O–H groups in total. The molecule has 0 unspecified atom stereocenters. The van der Waals surface area contributed by atoms with Gasteiger partial charge in [0.1, 0.15) is 0 Å². The van der Waals surface area contributed by atoms with Gasteiger partial charge in [-0.05, 0) is 29.8 Å². The Morgan fingerprint density at radius 2 is 1.76 bits per heavy atom. The number of nitrogens with zero attached hydrogens (tertiary/aromatic N) is 6. The lowest BCUT2D eigenvalue weighted by Crippen LogP contribution is -2.37. The van der Waals surface area contributed by atoms with Gasteiger partial charge < -0.3 is 15.4 Å². The van der Waals surface area contributed by atoms with Gasteiger partial charge in [-0.1, -0.05) is 0 Å². The lowest BCUT2D eigenvalue weighted by molar-refractivity contribution is 0.122. The number of hydrogen-bond acceptors (Lipinski definition) is 7. The Hall–Kier alpha value is -1.74. The molecule has 3 rings (SSSR count). The van der Waals surface area contributed by atoms with Crippen molar-refractivity contribution in [1.82, 2.24) is 24.7 Å². The van der Waals surface area contributed by atoms with Crippen LogP contribution in [0.1, 0.15) is 11.4 Å². The molecule has 2 aromatic heterocycles. The van der Waals surface area contributed by atoms with Crippen LogP contribution in [0.25, 0.3) is 5.95 Å². The minimum atomic E-state index is 0.185. The molecule has 0 spiro atoms. The molecule has 9 heteroatoms. The van der Waals surface area contributed by atoms with E-state index in [1.54, 1.807) is 4.68 Å². The molecule has 0 aliphatic carbocycles. The average Bonchev–Trinajstić information content (AvgIpc) is 2.75. The van der Waals surface area contributed by atoms with E-state index in [1.807, 2.05) is 18.7 Å². The highest BCUT2D eigenvalue weighted by Gasteiger charge is 2.18. The van der Waals surface area contributed by atoms with Crippen molar-refractivity contribution in [3.8, 4) is 5.95 Å². The van der Waals surface area contributed by atoms with Crippen molar-refractivity contribution in [1.29, 1.82) is 0 Å².